The van der Waals surface area contributed by atoms with Crippen molar-refractivity contribution in [2.24, 2.45) is 5.41 Å². The van der Waals surface area contributed by atoms with E-state index in [9.17, 15) is 19.1 Å². The van der Waals surface area contributed by atoms with Crippen LogP contribution in [-0.2, 0) is 9.59 Å². The van der Waals surface area contributed by atoms with E-state index < -0.39 is 17.7 Å². The molecule has 2 fully saturated rings. The lowest BCUT2D eigenvalue weighted by molar-refractivity contribution is -0.162. The Hall–Kier alpha value is -2.61. The van der Waals surface area contributed by atoms with Crippen molar-refractivity contribution in [2.75, 3.05) is 20.2 Å². The summed E-state index contributed by atoms with van der Waals surface area (Å²) in [7, 11) is 1.53. The Morgan fingerprint density at radius 1 is 1.09 bits per heavy atom. The average Bonchev–Trinajstić information content (AvgIpc) is 2.71. The van der Waals surface area contributed by atoms with Gasteiger partial charge in [-0.2, -0.15) is 0 Å². The molecule has 1 unspecified atom stereocenters. The highest BCUT2D eigenvalue weighted by Gasteiger charge is 2.54. The normalized spacial score (nSPS) is 19.9. The van der Waals surface area contributed by atoms with Crippen LogP contribution in [-0.4, -0.2) is 53.7 Å². The maximum absolute atomic E-state index is 13.3. The van der Waals surface area contributed by atoms with E-state index >= 15 is 0 Å². The number of carbonyl (C=O) groups is 2. The first-order valence-corrected chi connectivity index (χ1v) is 11.6. The molecule has 2 aromatic carbocycles. The molecule has 1 aliphatic carbocycles. The van der Waals surface area contributed by atoms with Gasteiger partial charge in [-0.1, -0.05) is 18.2 Å². The number of ketones is 2. The Balaban J connectivity index is 1.54. The fourth-order valence-corrected chi connectivity index (χ4v) is 5.31. The van der Waals surface area contributed by atoms with Gasteiger partial charge in [-0.3, -0.25) is 19.8 Å². The largest absolute Gasteiger partial charge is 0.496 e. The lowest BCUT2D eigenvalue weighted by Crippen LogP contribution is -2.67. The van der Waals surface area contributed by atoms with Crippen LogP contribution in [0.3, 0.4) is 0 Å². The van der Waals surface area contributed by atoms with E-state index in [1.807, 2.05) is 38.7 Å². The average molecular weight is 469 g/mol. The van der Waals surface area contributed by atoms with E-state index in [1.54, 1.807) is 18.2 Å². The zero-order valence-electron chi connectivity index (χ0n) is 20.4. The number of nitrogens with zero attached hydrogens (tertiary/aromatic N) is 1. The van der Waals surface area contributed by atoms with E-state index in [0.717, 1.165) is 16.7 Å². The van der Waals surface area contributed by atoms with Gasteiger partial charge in [0, 0.05) is 42.4 Å². The van der Waals surface area contributed by atoms with Gasteiger partial charge in [-0.25, -0.2) is 4.39 Å². The molecule has 1 atom stereocenters. The zero-order valence-corrected chi connectivity index (χ0v) is 20.4. The molecule has 0 aromatic heterocycles. The zero-order chi connectivity index (χ0) is 24.8. The Kier molecular flexibility index (Phi) is 6.40. The van der Waals surface area contributed by atoms with Crippen molar-refractivity contribution in [3.05, 3.63) is 53.3 Å². The molecule has 2 aliphatic rings. The number of Topliss-reactive ketones (excluding diaryl/α,β-unsaturated/α-hetero) is 2. The summed E-state index contributed by atoms with van der Waals surface area (Å²) in [6.45, 7) is 8.79. The first kappa shape index (κ1) is 24.5. The van der Waals surface area contributed by atoms with Crippen molar-refractivity contribution in [1.29, 1.82) is 0 Å². The highest BCUT2D eigenvalue weighted by Crippen LogP contribution is 2.47. The molecule has 7 heteroatoms. The fourth-order valence-electron chi connectivity index (χ4n) is 5.31. The number of methoxy groups -OCH3 is 1. The van der Waals surface area contributed by atoms with E-state index in [1.165, 1.54) is 19.2 Å². The van der Waals surface area contributed by atoms with Gasteiger partial charge in [0.25, 0.3) is 0 Å². The third-order valence-electron chi connectivity index (χ3n) is 6.76. The number of benzene rings is 2. The van der Waals surface area contributed by atoms with Gasteiger partial charge in [-0.05, 0) is 62.6 Å². The predicted octanol–water partition coefficient (Wildman–Crippen LogP) is 3.79. The summed E-state index contributed by atoms with van der Waals surface area (Å²) in [5.41, 5.74) is 2.40. The second-order valence-corrected chi connectivity index (χ2v) is 10.8. The molecule has 2 aromatic rings. The number of halogens is 1. The molecular weight excluding hydrogens is 435 g/mol. The van der Waals surface area contributed by atoms with Crippen LogP contribution in [0.15, 0.2) is 36.4 Å². The van der Waals surface area contributed by atoms with E-state index in [-0.39, 0.29) is 22.9 Å². The number of hydrogen-bond donors (Lipinski definition) is 2. The van der Waals surface area contributed by atoms with Crippen LogP contribution >= 0.6 is 0 Å². The Bertz CT molecular complexity index is 1080. The minimum Gasteiger partial charge on any atom is -0.496 e. The second-order valence-electron chi connectivity index (χ2n) is 10.8. The topological polar surface area (TPSA) is 78.9 Å². The highest BCUT2D eigenvalue weighted by atomic mass is 19.1. The molecule has 6 nitrogen and oxygen atoms in total. The first-order valence-electron chi connectivity index (χ1n) is 11.6. The molecule has 1 spiro atoms. The van der Waals surface area contributed by atoms with Gasteiger partial charge in [0.1, 0.15) is 29.1 Å². The molecule has 0 amide bonds. The molecule has 0 radical (unpaired) electrons. The number of rotatable bonds is 5. The number of aryl methyl sites for hydroxylation is 1. The highest BCUT2D eigenvalue weighted by molar-refractivity contribution is 6.11. The number of likely N-dealkylation sites (tertiary alicyclic amines) is 1. The molecule has 1 heterocycles. The van der Waals surface area contributed by atoms with Crippen LogP contribution in [0.2, 0.25) is 0 Å². The minimum absolute atomic E-state index is 0.106. The number of ether oxygens (including phenoxy) is 1. The second kappa shape index (κ2) is 8.87. The molecule has 1 saturated heterocycles. The van der Waals surface area contributed by atoms with Crippen LogP contribution < -0.4 is 10.1 Å². The Labute approximate surface area is 200 Å². The third kappa shape index (κ3) is 4.78. The van der Waals surface area contributed by atoms with Gasteiger partial charge in [-0.15, -0.1) is 0 Å². The van der Waals surface area contributed by atoms with Gasteiger partial charge in [0.05, 0.1) is 7.11 Å². The predicted molar refractivity (Wildman–Crippen MR) is 128 cm³/mol. The minimum atomic E-state index is -0.852. The number of nitrogens with one attached hydrogen (secondary N) is 1. The monoisotopic (exact) mass is 468 g/mol. The van der Waals surface area contributed by atoms with Crippen molar-refractivity contribution in [2.45, 2.75) is 58.3 Å². The molecule has 2 N–H and O–H groups in total. The van der Waals surface area contributed by atoms with Crippen LogP contribution in [0, 0.1) is 18.2 Å². The summed E-state index contributed by atoms with van der Waals surface area (Å²) in [5, 5.41) is 13.5. The van der Waals surface area contributed by atoms with Crippen molar-refractivity contribution < 1.29 is 23.8 Å². The van der Waals surface area contributed by atoms with E-state index in [4.69, 9.17) is 4.74 Å². The molecule has 1 saturated carbocycles. The van der Waals surface area contributed by atoms with Crippen LogP contribution in [0.4, 0.5) is 4.39 Å². The standard InChI is InChI=1S/C27H33FN2O4/c1-16-10-18(17-6-8-19(28)9-7-17)11-22(34-5)23(16)24-20(31)12-27(13-21(24)32)14-30(15-27)25(33)29-26(2,3)4/h6-11,24-25,29,33H,12-15H2,1-5H3. The molecular formula is C27H33FN2O4. The molecule has 4 rings (SSSR count). The SMILES string of the molecule is COc1cc(-c2ccc(F)cc2)cc(C)c1C1C(=O)CC2(CC1=O)CN(C(O)NC(C)(C)C)C2. The van der Waals surface area contributed by atoms with Gasteiger partial charge in [0.2, 0.25) is 0 Å². The molecule has 0 bridgehead atoms. The first-order chi connectivity index (χ1) is 15.9. The Morgan fingerprint density at radius 2 is 1.68 bits per heavy atom. The molecule has 182 valence electrons. The number of aliphatic hydroxyl groups is 1. The third-order valence-corrected chi connectivity index (χ3v) is 6.76. The lowest BCUT2D eigenvalue weighted by Gasteiger charge is -2.54. The van der Waals surface area contributed by atoms with Crippen LogP contribution in [0.1, 0.15) is 50.7 Å². The van der Waals surface area contributed by atoms with Gasteiger partial charge in [0.15, 0.2) is 6.35 Å². The number of hydrogen-bond acceptors (Lipinski definition) is 6. The Morgan fingerprint density at radius 3 is 2.21 bits per heavy atom. The lowest BCUT2D eigenvalue weighted by atomic mass is 9.63. The summed E-state index contributed by atoms with van der Waals surface area (Å²) in [6, 6.07) is 9.89. The quantitative estimate of drug-likeness (QED) is 0.514. The van der Waals surface area contributed by atoms with Crippen molar-refractivity contribution in [3.63, 3.8) is 0 Å². The summed E-state index contributed by atoms with van der Waals surface area (Å²) in [4.78, 5) is 28.5. The number of carbonyl (C=O) groups excluding carboxylic acids is 2. The van der Waals surface area contributed by atoms with Crippen LogP contribution in [0.25, 0.3) is 11.1 Å². The smallest absolute Gasteiger partial charge is 0.163 e. The summed E-state index contributed by atoms with van der Waals surface area (Å²) >= 11 is 0. The van der Waals surface area contributed by atoms with Crippen molar-refractivity contribution in [3.8, 4) is 16.9 Å². The fraction of sp³-hybridized carbons (Fsp3) is 0.481. The van der Waals surface area contributed by atoms with Gasteiger partial charge < -0.3 is 9.84 Å². The van der Waals surface area contributed by atoms with Gasteiger partial charge >= 0.3 is 0 Å². The van der Waals surface area contributed by atoms with Crippen LogP contribution in [0.5, 0.6) is 5.75 Å². The summed E-state index contributed by atoms with van der Waals surface area (Å²) in [5.74, 6) is -0.889. The number of aliphatic hydroxyl groups excluding tert-OH is 1. The molecule has 1 aliphatic heterocycles. The van der Waals surface area contributed by atoms with Crippen molar-refractivity contribution in [1.82, 2.24) is 10.2 Å². The van der Waals surface area contributed by atoms with E-state index in [0.29, 0.717) is 37.2 Å². The molecule has 34 heavy (non-hydrogen) atoms. The maximum Gasteiger partial charge on any atom is 0.163 e. The maximum atomic E-state index is 13.3. The summed E-state index contributed by atoms with van der Waals surface area (Å²) < 4.78 is 19.0. The summed E-state index contributed by atoms with van der Waals surface area (Å²) in [6.07, 6.45) is -0.218. The van der Waals surface area contributed by atoms with Crippen molar-refractivity contribution >= 4 is 11.6 Å². The van der Waals surface area contributed by atoms with E-state index in [2.05, 4.69) is 5.32 Å².